The van der Waals surface area contributed by atoms with E-state index in [1.165, 1.54) is 13.2 Å². The number of carbonyl (C=O) groups excluding carboxylic acids is 3. The second kappa shape index (κ2) is 21.8. The Kier molecular flexibility index (Phi) is 18.6. The van der Waals surface area contributed by atoms with Crippen molar-refractivity contribution in [3.8, 4) is 0 Å². The molecule has 2 fully saturated rings. The molecular formula is C36H52Cl3N5O14S. The maximum absolute atomic E-state index is 13.6. The number of nitrogens with two attached hydrogens (primary N) is 1. The molecule has 19 nitrogen and oxygen atoms in total. The molecule has 0 aromatic heterocycles. The largest absolute Gasteiger partial charge is 0.480 e. The molecule has 0 aliphatic carbocycles. The smallest absolute Gasteiger partial charge is 0.338 e. The van der Waals surface area contributed by atoms with Gasteiger partial charge >= 0.3 is 11.9 Å². The third-order valence-corrected chi connectivity index (χ3v) is 12.6. The molecule has 59 heavy (non-hydrogen) atoms. The van der Waals surface area contributed by atoms with Crippen molar-refractivity contribution in [1.82, 2.24) is 15.5 Å². The van der Waals surface area contributed by atoms with Crippen molar-refractivity contribution in [3.63, 3.8) is 0 Å². The highest BCUT2D eigenvalue weighted by molar-refractivity contribution is 7.99. The van der Waals surface area contributed by atoms with Crippen molar-refractivity contribution in [2.24, 2.45) is 17.6 Å². The summed E-state index contributed by atoms with van der Waals surface area (Å²) in [6.45, 7) is 3.16. The molecule has 3 rings (SSSR count). The van der Waals surface area contributed by atoms with E-state index in [9.17, 15) is 59.6 Å². The number of amides is 2. The molecule has 332 valence electrons. The Morgan fingerprint density at radius 1 is 1.14 bits per heavy atom. The molecule has 2 amide bonds. The predicted octanol–water partition coefficient (Wildman–Crippen LogP) is 1.18. The average Bonchev–Trinajstić information content (AvgIpc) is 3.56. The summed E-state index contributed by atoms with van der Waals surface area (Å²) in [5.74, 6) is -7.46. The van der Waals surface area contributed by atoms with Crippen LogP contribution in [0, 0.1) is 22.0 Å². The summed E-state index contributed by atoms with van der Waals surface area (Å²) in [5, 5.41) is 72.1. The molecular weight excluding hydrogens is 865 g/mol. The first-order chi connectivity index (χ1) is 27.6. The Morgan fingerprint density at radius 3 is 2.25 bits per heavy atom. The lowest BCUT2D eigenvalue weighted by atomic mass is 9.65. The highest BCUT2D eigenvalue weighted by atomic mass is 35.5. The number of carboxylic acid groups (broad SMARTS) is 2. The number of hydrogen-bond acceptors (Lipinski definition) is 15. The number of likely N-dealkylation sites (tertiary alicyclic amines) is 1. The molecule has 0 bridgehead atoms. The van der Waals surface area contributed by atoms with Crippen LogP contribution in [0.25, 0.3) is 0 Å². The second-order valence-electron chi connectivity index (χ2n) is 14.8. The van der Waals surface area contributed by atoms with Crippen LogP contribution in [0.2, 0.25) is 0 Å². The number of non-ortho nitro benzene ring substituents is 1. The molecule has 23 heteroatoms. The quantitative estimate of drug-likeness (QED) is 0.0351. The van der Waals surface area contributed by atoms with Gasteiger partial charge in [0.05, 0.1) is 47.1 Å². The SMILES string of the molecule is CCCC1CC(C(=O)N[C@H](C(C)Cl)[C@H]2O[C@H](SC)[C@H](C(N)(C(=O)O)C(CCC=O)(OCC(NC(=O)C(Cl)Cl)C(O)c3ccc([N+](=O)[O-])cc3)C(=O)O)[C@H](O)[C@H]2O)N(C)C1. The monoisotopic (exact) mass is 915 g/mol. The van der Waals surface area contributed by atoms with E-state index >= 15 is 0 Å². The number of halogens is 3. The van der Waals surface area contributed by atoms with Crippen LogP contribution in [0.15, 0.2) is 24.3 Å². The van der Waals surface area contributed by atoms with Crippen LogP contribution in [0.4, 0.5) is 5.69 Å². The van der Waals surface area contributed by atoms with Crippen LogP contribution in [0.5, 0.6) is 0 Å². The van der Waals surface area contributed by atoms with E-state index in [4.69, 9.17) is 50.0 Å². The number of nitrogens with zero attached hydrogens (tertiary/aromatic N) is 2. The fourth-order valence-corrected chi connectivity index (χ4v) is 9.17. The number of carboxylic acids is 2. The highest BCUT2D eigenvalue weighted by Crippen LogP contribution is 2.46. The second-order valence-corrected chi connectivity index (χ2v) is 17.5. The van der Waals surface area contributed by atoms with Gasteiger partial charge in [0.15, 0.2) is 16.0 Å². The minimum absolute atomic E-state index is 0.0560. The number of aliphatic carboxylic acids is 2. The van der Waals surface area contributed by atoms with E-state index in [2.05, 4.69) is 10.6 Å². The zero-order valence-electron chi connectivity index (χ0n) is 32.7. The lowest BCUT2D eigenvalue weighted by Crippen LogP contribution is -2.79. The Labute approximate surface area is 359 Å². The van der Waals surface area contributed by atoms with Gasteiger partial charge in [0.25, 0.3) is 11.6 Å². The van der Waals surface area contributed by atoms with Gasteiger partial charge in [0.1, 0.15) is 30.0 Å². The zero-order chi connectivity index (χ0) is 44.6. The first-order valence-electron chi connectivity index (χ1n) is 18.7. The fourth-order valence-electron chi connectivity index (χ4n) is 7.92. The molecule has 2 aliphatic rings. The van der Waals surface area contributed by atoms with Crippen LogP contribution < -0.4 is 16.4 Å². The number of aldehydes is 1. The first kappa shape index (κ1) is 50.5. The molecule has 7 unspecified atom stereocenters. The first-order valence-corrected chi connectivity index (χ1v) is 21.3. The minimum atomic E-state index is -3.29. The number of aliphatic hydroxyl groups is 3. The number of nitro groups is 1. The average molecular weight is 917 g/mol. The van der Waals surface area contributed by atoms with Gasteiger partial charge in [-0.15, -0.1) is 23.4 Å². The van der Waals surface area contributed by atoms with E-state index < -0.39 is 123 Å². The number of hydrogen-bond donors (Lipinski definition) is 8. The van der Waals surface area contributed by atoms with Crippen LogP contribution in [-0.4, -0.2) is 155 Å². The molecule has 2 saturated heterocycles. The van der Waals surface area contributed by atoms with Crippen molar-refractivity contribution in [3.05, 3.63) is 39.9 Å². The van der Waals surface area contributed by atoms with Crippen LogP contribution in [0.3, 0.4) is 0 Å². The van der Waals surface area contributed by atoms with E-state index in [-0.39, 0.29) is 23.5 Å². The molecule has 2 aliphatic heterocycles. The Balaban J connectivity index is 2.09. The van der Waals surface area contributed by atoms with Crippen LogP contribution in [0.1, 0.15) is 57.6 Å². The number of nitrogens with one attached hydrogen (secondary N) is 2. The van der Waals surface area contributed by atoms with Crippen molar-refractivity contribution in [2.75, 3.05) is 26.5 Å². The summed E-state index contributed by atoms with van der Waals surface area (Å²) >= 11 is 18.8. The van der Waals surface area contributed by atoms with Gasteiger partial charge in [-0.2, -0.15) is 0 Å². The van der Waals surface area contributed by atoms with Gasteiger partial charge in [-0.05, 0) is 63.1 Å². The van der Waals surface area contributed by atoms with Gasteiger partial charge in [0, 0.05) is 25.1 Å². The van der Waals surface area contributed by atoms with Gasteiger partial charge in [-0.25, -0.2) is 4.79 Å². The summed E-state index contributed by atoms with van der Waals surface area (Å²) in [6, 6.07) is 0.912. The Bertz CT molecular complexity index is 1650. The number of nitro benzene ring substituents is 1. The van der Waals surface area contributed by atoms with Crippen LogP contribution >= 0.6 is 46.6 Å². The maximum atomic E-state index is 13.6. The van der Waals surface area contributed by atoms with Gasteiger partial charge < -0.3 is 56.2 Å². The Morgan fingerprint density at radius 2 is 1.76 bits per heavy atom. The van der Waals surface area contributed by atoms with E-state index in [0.717, 1.165) is 48.9 Å². The standard InChI is InChI=1S/C36H52Cl3N5O14S/c1-5-7-18-14-22(43(3)15-18)30(49)42-24(17(2)37)28-27(48)26(47)23(32(58-28)59-4)36(40,34(53)54)35(33(51)52,12-6-13-45)57-16-21(41-31(50)29(38)39)25(46)19-8-10-20(11-9-19)44(55)56/h8-11,13,17-18,21-29,32,46-48H,5-7,12,14-16,40H2,1-4H3,(H,41,50)(H,42,49)(H,51,52)(H,53,54)/t17?,18?,21?,22?,23-,24-,25?,26+,27-,28-,32-,35?,36?/m1/s1. The molecule has 1 aromatic carbocycles. The van der Waals surface area contributed by atoms with Crippen molar-refractivity contribution in [1.29, 1.82) is 0 Å². The molecule has 0 saturated carbocycles. The summed E-state index contributed by atoms with van der Waals surface area (Å²) in [6.07, 6.45) is -5.15. The summed E-state index contributed by atoms with van der Waals surface area (Å²) < 4.78 is 12.1. The molecule has 0 radical (unpaired) electrons. The predicted molar refractivity (Wildman–Crippen MR) is 216 cm³/mol. The molecule has 1 aromatic rings. The number of thioether (sulfide) groups is 1. The lowest BCUT2D eigenvalue weighted by molar-refractivity contribution is -0.384. The normalized spacial score (nSPS) is 27.7. The molecule has 9 N–H and O–H groups in total. The van der Waals surface area contributed by atoms with E-state index in [1.54, 1.807) is 7.05 Å². The highest BCUT2D eigenvalue weighted by Gasteiger charge is 2.70. The Hall–Kier alpha value is -2.89. The van der Waals surface area contributed by atoms with Gasteiger partial charge in [-0.1, -0.05) is 36.5 Å². The number of aliphatic hydroxyl groups excluding tert-OH is 3. The van der Waals surface area contributed by atoms with Gasteiger partial charge in [-0.3, -0.25) is 29.4 Å². The lowest BCUT2D eigenvalue weighted by Gasteiger charge is -2.54. The third-order valence-electron chi connectivity index (χ3n) is 11.0. The van der Waals surface area contributed by atoms with E-state index in [1.807, 2.05) is 11.8 Å². The van der Waals surface area contributed by atoms with Crippen molar-refractivity contribution < 1.29 is 63.9 Å². The van der Waals surface area contributed by atoms with E-state index in [0.29, 0.717) is 13.0 Å². The number of alkyl halides is 3. The van der Waals surface area contributed by atoms with Crippen molar-refractivity contribution in [2.45, 2.75) is 115 Å². The minimum Gasteiger partial charge on any atom is -0.480 e. The van der Waals surface area contributed by atoms with Crippen molar-refractivity contribution >= 4 is 82.3 Å². The summed E-state index contributed by atoms with van der Waals surface area (Å²) in [4.78, 5) is 75.7. The third kappa shape index (κ3) is 11.1. The summed E-state index contributed by atoms with van der Waals surface area (Å²) in [7, 11) is 1.80. The molecule has 2 heterocycles. The van der Waals surface area contributed by atoms with Gasteiger partial charge in [0.2, 0.25) is 5.91 Å². The number of benzene rings is 1. The van der Waals surface area contributed by atoms with Crippen LogP contribution in [-0.2, 0) is 33.4 Å². The summed E-state index contributed by atoms with van der Waals surface area (Å²) in [5.41, 5.74) is -1.78. The number of likely N-dealkylation sites (N-methyl/N-ethyl adjacent to an activating group) is 1. The molecule has 13 atom stereocenters. The topological polar surface area (TPSA) is 301 Å². The fraction of sp³-hybridized carbons (Fsp3) is 0.694. The number of rotatable bonds is 22. The number of carbonyl (C=O) groups is 5. The maximum Gasteiger partial charge on any atom is 0.338 e. The number of ether oxygens (including phenoxy) is 2. The zero-order valence-corrected chi connectivity index (χ0v) is 35.8. The molecule has 0 spiro atoms.